The first-order valence-corrected chi connectivity index (χ1v) is 4.64. The van der Waals surface area contributed by atoms with Crippen molar-refractivity contribution in [3.8, 4) is 5.75 Å². The number of carbonyl (C=O) groups excluding carboxylic acids is 2. The zero-order valence-corrected chi connectivity index (χ0v) is 8.42. The summed E-state index contributed by atoms with van der Waals surface area (Å²) in [6.45, 7) is 3.47. The highest BCUT2D eigenvalue weighted by molar-refractivity contribution is 6.23. The van der Waals surface area contributed by atoms with Gasteiger partial charge in [0.05, 0.1) is 22.5 Å². The highest BCUT2D eigenvalue weighted by Crippen LogP contribution is 2.30. The summed E-state index contributed by atoms with van der Waals surface area (Å²) in [6, 6.07) is 0. The summed E-state index contributed by atoms with van der Waals surface area (Å²) in [7, 11) is 0. The van der Waals surface area contributed by atoms with Gasteiger partial charge in [-0.25, -0.2) is 0 Å². The molecule has 1 aliphatic rings. The number of aromatic nitrogens is 1. The van der Waals surface area contributed by atoms with Gasteiger partial charge >= 0.3 is 0 Å². The molecule has 2 N–H and O–H groups in total. The van der Waals surface area contributed by atoms with Crippen LogP contribution in [0.4, 0.5) is 0 Å². The van der Waals surface area contributed by atoms with Crippen molar-refractivity contribution in [1.82, 2.24) is 10.3 Å². The fraction of sp³-hybridized carbons (Fsp3) is 0.300. The zero-order chi connectivity index (χ0) is 11.2. The molecule has 0 radical (unpaired) electrons. The number of amides is 2. The predicted octanol–water partition coefficient (Wildman–Crippen LogP) is 0.542. The van der Waals surface area contributed by atoms with E-state index in [1.54, 1.807) is 6.92 Å². The molecule has 0 aromatic carbocycles. The van der Waals surface area contributed by atoms with E-state index in [0.717, 1.165) is 0 Å². The van der Waals surface area contributed by atoms with E-state index in [4.69, 9.17) is 0 Å². The van der Waals surface area contributed by atoms with Gasteiger partial charge in [0.15, 0.2) is 5.75 Å². The summed E-state index contributed by atoms with van der Waals surface area (Å²) in [5.74, 6) is -1.22. The van der Waals surface area contributed by atoms with Crippen LogP contribution in [-0.4, -0.2) is 21.9 Å². The van der Waals surface area contributed by atoms with Gasteiger partial charge < -0.3 is 5.11 Å². The number of rotatable bonds is 1. The Balaban J connectivity index is 2.80. The molecule has 2 heterocycles. The van der Waals surface area contributed by atoms with Crippen LogP contribution in [0.2, 0.25) is 0 Å². The van der Waals surface area contributed by atoms with Gasteiger partial charge in [-0.1, -0.05) is 6.92 Å². The molecule has 0 saturated heterocycles. The second-order valence-corrected chi connectivity index (χ2v) is 3.38. The van der Waals surface area contributed by atoms with E-state index in [2.05, 4.69) is 10.3 Å². The topological polar surface area (TPSA) is 79.3 Å². The molecule has 0 atom stereocenters. The van der Waals surface area contributed by atoms with Gasteiger partial charge in [-0.15, -0.1) is 0 Å². The SMILES string of the molecule is CCc1nc(C)c2c(c1O)C(=O)NC2=O. The molecule has 0 bridgehead atoms. The van der Waals surface area contributed by atoms with Crippen LogP contribution in [-0.2, 0) is 6.42 Å². The average molecular weight is 206 g/mol. The van der Waals surface area contributed by atoms with Crippen LogP contribution in [0.3, 0.4) is 0 Å². The fourth-order valence-corrected chi connectivity index (χ4v) is 1.73. The van der Waals surface area contributed by atoms with Crippen LogP contribution in [0.5, 0.6) is 5.75 Å². The van der Waals surface area contributed by atoms with E-state index in [0.29, 0.717) is 17.8 Å². The Kier molecular flexibility index (Phi) is 1.96. The molecule has 78 valence electrons. The number of hydrogen-bond donors (Lipinski definition) is 2. The number of carbonyl (C=O) groups is 2. The van der Waals surface area contributed by atoms with Crippen molar-refractivity contribution in [2.75, 3.05) is 0 Å². The minimum atomic E-state index is -0.548. The van der Waals surface area contributed by atoms with Crippen molar-refractivity contribution in [3.05, 3.63) is 22.5 Å². The molecule has 0 unspecified atom stereocenters. The van der Waals surface area contributed by atoms with Crippen molar-refractivity contribution in [1.29, 1.82) is 0 Å². The lowest BCUT2D eigenvalue weighted by molar-refractivity contribution is 0.0879. The second-order valence-electron chi connectivity index (χ2n) is 3.38. The lowest BCUT2D eigenvalue weighted by Crippen LogP contribution is -2.20. The van der Waals surface area contributed by atoms with Crippen LogP contribution in [0.15, 0.2) is 0 Å². The fourth-order valence-electron chi connectivity index (χ4n) is 1.73. The highest BCUT2D eigenvalue weighted by Gasteiger charge is 2.33. The molecule has 1 aliphatic heterocycles. The molecule has 2 amide bonds. The number of hydrogen-bond acceptors (Lipinski definition) is 4. The zero-order valence-electron chi connectivity index (χ0n) is 8.42. The average Bonchev–Trinajstić information content (AvgIpc) is 2.48. The van der Waals surface area contributed by atoms with E-state index >= 15 is 0 Å². The predicted molar refractivity (Wildman–Crippen MR) is 51.8 cm³/mol. The van der Waals surface area contributed by atoms with Crippen LogP contribution < -0.4 is 5.32 Å². The Morgan fingerprint density at radius 2 is 1.87 bits per heavy atom. The Morgan fingerprint density at radius 1 is 1.27 bits per heavy atom. The number of imide groups is 1. The summed E-state index contributed by atoms with van der Waals surface area (Å²) in [4.78, 5) is 26.8. The number of pyridine rings is 1. The normalized spacial score (nSPS) is 14.0. The van der Waals surface area contributed by atoms with Gasteiger partial charge in [0.25, 0.3) is 11.8 Å². The summed E-state index contributed by atoms with van der Waals surface area (Å²) in [6.07, 6.45) is 0.515. The number of fused-ring (bicyclic) bond motifs is 1. The third-order valence-corrected chi connectivity index (χ3v) is 2.44. The van der Waals surface area contributed by atoms with E-state index in [1.165, 1.54) is 0 Å². The van der Waals surface area contributed by atoms with Gasteiger partial charge in [0.2, 0.25) is 0 Å². The quantitative estimate of drug-likeness (QED) is 0.657. The molecule has 0 saturated carbocycles. The number of aryl methyl sites for hydroxylation is 2. The summed E-state index contributed by atoms with van der Waals surface area (Å²) >= 11 is 0. The van der Waals surface area contributed by atoms with Gasteiger partial charge in [0.1, 0.15) is 0 Å². The molecule has 15 heavy (non-hydrogen) atoms. The maximum Gasteiger partial charge on any atom is 0.262 e. The van der Waals surface area contributed by atoms with E-state index in [-0.39, 0.29) is 16.9 Å². The van der Waals surface area contributed by atoms with Gasteiger partial charge in [-0.3, -0.25) is 19.9 Å². The molecule has 5 nitrogen and oxygen atoms in total. The lowest BCUT2D eigenvalue weighted by atomic mass is 10.1. The van der Waals surface area contributed by atoms with Crippen LogP contribution in [0, 0.1) is 6.92 Å². The first-order chi connectivity index (χ1) is 7.06. The molecule has 0 fully saturated rings. The maximum atomic E-state index is 11.4. The molecule has 1 aromatic heterocycles. The lowest BCUT2D eigenvalue weighted by Gasteiger charge is -2.06. The van der Waals surface area contributed by atoms with Crippen molar-refractivity contribution < 1.29 is 14.7 Å². The maximum absolute atomic E-state index is 11.4. The third-order valence-electron chi connectivity index (χ3n) is 2.44. The Labute approximate surface area is 86.1 Å². The smallest absolute Gasteiger partial charge is 0.262 e. The molecule has 0 spiro atoms. The molecule has 2 rings (SSSR count). The molecular formula is C10H10N2O3. The Hall–Kier alpha value is -1.91. The Morgan fingerprint density at radius 3 is 2.47 bits per heavy atom. The second kappa shape index (κ2) is 3.05. The third kappa shape index (κ3) is 1.20. The highest BCUT2D eigenvalue weighted by atomic mass is 16.3. The standard InChI is InChI=1S/C10H10N2O3/c1-3-5-8(13)7-6(4(2)11-5)9(14)12-10(7)15/h13H,3H2,1-2H3,(H,12,14,15). The van der Waals surface area contributed by atoms with Gasteiger partial charge in [0, 0.05) is 0 Å². The summed E-state index contributed by atoms with van der Waals surface area (Å²) < 4.78 is 0. The molecule has 1 aromatic rings. The number of aromatic hydroxyl groups is 1. The summed E-state index contributed by atoms with van der Waals surface area (Å²) in [5.41, 5.74) is 1.16. The van der Waals surface area contributed by atoms with Gasteiger partial charge in [-0.2, -0.15) is 0 Å². The first kappa shape index (κ1) is 9.64. The molecule has 5 heteroatoms. The van der Waals surface area contributed by atoms with Crippen LogP contribution >= 0.6 is 0 Å². The van der Waals surface area contributed by atoms with Gasteiger partial charge in [-0.05, 0) is 13.3 Å². The minimum absolute atomic E-state index is 0.0596. The van der Waals surface area contributed by atoms with Crippen molar-refractivity contribution >= 4 is 11.8 Å². The molecule has 0 aliphatic carbocycles. The Bertz CT molecular complexity index is 480. The number of nitrogens with zero attached hydrogens (tertiary/aromatic N) is 1. The van der Waals surface area contributed by atoms with Crippen molar-refractivity contribution in [2.24, 2.45) is 0 Å². The first-order valence-electron chi connectivity index (χ1n) is 4.64. The minimum Gasteiger partial charge on any atom is -0.505 e. The summed E-state index contributed by atoms with van der Waals surface area (Å²) in [5, 5.41) is 11.9. The van der Waals surface area contributed by atoms with E-state index in [1.807, 2.05) is 6.92 Å². The van der Waals surface area contributed by atoms with Crippen molar-refractivity contribution in [3.63, 3.8) is 0 Å². The van der Waals surface area contributed by atoms with Crippen LogP contribution in [0.1, 0.15) is 39.0 Å². The number of nitrogens with one attached hydrogen (secondary N) is 1. The van der Waals surface area contributed by atoms with Crippen LogP contribution in [0.25, 0.3) is 0 Å². The van der Waals surface area contributed by atoms with E-state index in [9.17, 15) is 14.7 Å². The monoisotopic (exact) mass is 206 g/mol. The van der Waals surface area contributed by atoms with E-state index < -0.39 is 11.8 Å². The van der Waals surface area contributed by atoms with Crippen molar-refractivity contribution in [2.45, 2.75) is 20.3 Å². The largest absolute Gasteiger partial charge is 0.505 e. The molecular weight excluding hydrogens is 196 g/mol.